The van der Waals surface area contributed by atoms with E-state index in [4.69, 9.17) is 20.6 Å². The zero-order valence-electron chi connectivity index (χ0n) is 20.1. The summed E-state index contributed by atoms with van der Waals surface area (Å²) in [6.07, 6.45) is 4.70. The summed E-state index contributed by atoms with van der Waals surface area (Å²) in [4.78, 5) is 15.9. The quantitative estimate of drug-likeness (QED) is 0.397. The fraction of sp³-hybridized carbons (Fsp3) is 0.583. The third-order valence-electron chi connectivity index (χ3n) is 5.11. The van der Waals surface area contributed by atoms with E-state index in [0.29, 0.717) is 31.0 Å². The first-order valence-electron chi connectivity index (χ1n) is 11.2. The molecule has 1 aliphatic rings. The highest BCUT2D eigenvalue weighted by Gasteiger charge is 2.20. The average Bonchev–Trinajstić information content (AvgIpc) is 2.74. The summed E-state index contributed by atoms with van der Waals surface area (Å²) in [6.45, 7) is 8.03. The van der Waals surface area contributed by atoms with Crippen LogP contribution in [0, 0.1) is 5.41 Å². The molecule has 1 amide bonds. The second-order valence-corrected chi connectivity index (χ2v) is 9.33. The first kappa shape index (κ1) is 25.7. The first-order chi connectivity index (χ1) is 15.0. The number of nitrogens with two attached hydrogens (primary N) is 1. The third-order valence-corrected chi connectivity index (χ3v) is 5.11. The Labute approximate surface area is 192 Å². The number of benzene rings is 1. The van der Waals surface area contributed by atoms with E-state index in [2.05, 4.69) is 10.2 Å². The zero-order chi connectivity index (χ0) is 23.7. The Balaban J connectivity index is 2.02. The van der Waals surface area contributed by atoms with Crippen LogP contribution in [0.25, 0.3) is 0 Å². The summed E-state index contributed by atoms with van der Waals surface area (Å²) in [5, 5.41) is 12.1. The summed E-state index contributed by atoms with van der Waals surface area (Å²) in [5.74, 6) is 0. The summed E-state index contributed by atoms with van der Waals surface area (Å²) in [7, 11) is 3.71. The summed E-state index contributed by atoms with van der Waals surface area (Å²) >= 11 is 0. The van der Waals surface area contributed by atoms with Crippen LogP contribution in [0.2, 0.25) is 0 Å². The van der Waals surface area contributed by atoms with Crippen LogP contribution in [-0.2, 0) is 9.47 Å². The van der Waals surface area contributed by atoms with Crippen LogP contribution in [0.5, 0.6) is 0 Å². The molecule has 1 aromatic rings. The lowest BCUT2D eigenvalue weighted by Crippen LogP contribution is -2.39. The van der Waals surface area contributed by atoms with Crippen molar-refractivity contribution in [3.8, 4) is 0 Å². The fourth-order valence-electron chi connectivity index (χ4n) is 3.22. The van der Waals surface area contributed by atoms with Gasteiger partial charge in [0.1, 0.15) is 11.8 Å². The number of rotatable bonds is 9. The number of ether oxygens (including phenoxy) is 2. The van der Waals surface area contributed by atoms with Gasteiger partial charge in [-0.1, -0.05) is 12.1 Å². The summed E-state index contributed by atoms with van der Waals surface area (Å²) < 4.78 is 11.2. The fourth-order valence-corrected chi connectivity index (χ4v) is 3.22. The second kappa shape index (κ2) is 11.9. The molecule has 1 saturated heterocycles. The van der Waals surface area contributed by atoms with Gasteiger partial charge in [0, 0.05) is 50.7 Å². The van der Waals surface area contributed by atoms with Gasteiger partial charge in [-0.2, -0.15) is 0 Å². The highest BCUT2D eigenvalue weighted by molar-refractivity contribution is 6.10. The number of nitrogens with zero attached hydrogens (tertiary/aromatic N) is 2. The Hall–Kier alpha value is -2.58. The minimum atomic E-state index is -0.520. The molecule has 0 bridgehead atoms. The lowest BCUT2D eigenvalue weighted by Gasteiger charge is -2.27. The molecule has 178 valence electrons. The molecule has 0 spiro atoms. The zero-order valence-corrected chi connectivity index (χ0v) is 20.1. The molecule has 8 nitrogen and oxygen atoms in total. The van der Waals surface area contributed by atoms with E-state index in [0.717, 1.165) is 37.0 Å². The van der Waals surface area contributed by atoms with Crippen molar-refractivity contribution in [3.05, 3.63) is 41.6 Å². The van der Waals surface area contributed by atoms with E-state index in [-0.39, 0.29) is 12.3 Å². The number of anilines is 1. The van der Waals surface area contributed by atoms with Gasteiger partial charge in [0.25, 0.3) is 0 Å². The normalized spacial score (nSPS) is 17.2. The Bertz CT molecular complexity index is 780. The molecule has 1 atom stereocenters. The minimum absolute atomic E-state index is 0.0263. The van der Waals surface area contributed by atoms with Gasteiger partial charge in [-0.15, -0.1) is 0 Å². The average molecular weight is 446 g/mol. The van der Waals surface area contributed by atoms with Crippen molar-refractivity contribution in [3.63, 3.8) is 0 Å². The van der Waals surface area contributed by atoms with E-state index in [1.165, 1.54) is 0 Å². The lowest BCUT2D eigenvalue weighted by molar-refractivity contribution is 0.00321. The van der Waals surface area contributed by atoms with Crippen LogP contribution >= 0.6 is 0 Å². The largest absolute Gasteiger partial charge is 0.444 e. The third kappa shape index (κ3) is 8.88. The molecule has 0 radical (unpaired) electrons. The molecule has 1 unspecified atom stereocenters. The van der Waals surface area contributed by atoms with Crippen molar-refractivity contribution in [1.29, 1.82) is 5.41 Å². The van der Waals surface area contributed by atoms with Crippen LogP contribution in [0.1, 0.15) is 45.6 Å². The predicted molar refractivity (Wildman–Crippen MR) is 129 cm³/mol. The predicted octanol–water partition coefficient (Wildman–Crippen LogP) is 3.44. The standard InChI is InChI=1S/C24H39N5O3/c1-24(2,3)32-23(30)29(5)14-13-28(4)17-19(16-27-21-8-6-7-15-31-21)22(26)18-9-11-20(25)12-10-18/h9-12,16,21,26-27H,6-8,13-15,17,25H2,1-5H3/b19-16-,26-22?. The number of amides is 1. The molecule has 4 N–H and O–H groups in total. The Morgan fingerprint density at radius 2 is 1.94 bits per heavy atom. The highest BCUT2D eigenvalue weighted by atomic mass is 16.6. The molecule has 2 rings (SSSR count). The van der Waals surface area contributed by atoms with E-state index in [1.54, 1.807) is 24.1 Å². The van der Waals surface area contributed by atoms with Crippen molar-refractivity contribution < 1.29 is 14.3 Å². The Morgan fingerprint density at radius 3 is 2.53 bits per heavy atom. The van der Waals surface area contributed by atoms with Crippen LogP contribution in [0.3, 0.4) is 0 Å². The van der Waals surface area contributed by atoms with Crippen molar-refractivity contribution in [2.75, 3.05) is 46.1 Å². The molecule has 8 heteroatoms. The number of nitrogens with one attached hydrogen (secondary N) is 2. The molecule has 32 heavy (non-hydrogen) atoms. The van der Waals surface area contributed by atoms with Gasteiger partial charge >= 0.3 is 6.09 Å². The second-order valence-electron chi connectivity index (χ2n) is 9.33. The van der Waals surface area contributed by atoms with Crippen LogP contribution in [0.4, 0.5) is 10.5 Å². The van der Waals surface area contributed by atoms with Gasteiger partial charge in [0.15, 0.2) is 0 Å². The Kier molecular flexibility index (Phi) is 9.53. The van der Waals surface area contributed by atoms with Gasteiger partial charge in [0.05, 0.1) is 5.71 Å². The summed E-state index contributed by atoms with van der Waals surface area (Å²) in [5.41, 5.74) is 8.03. The van der Waals surface area contributed by atoms with Gasteiger partial charge in [-0.3, -0.25) is 5.41 Å². The molecular weight excluding hydrogens is 406 g/mol. The number of hydrogen-bond acceptors (Lipinski definition) is 7. The number of hydrogen-bond donors (Lipinski definition) is 3. The first-order valence-corrected chi connectivity index (χ1v) is 11.2. The molecule has 0 aliphatic carbocycles. The monoisotopic (exact) mass is 445 g/mol. The van der Waals surface area contributed by atoms with Crippen molar-refractivity contribution >= 4 is 17.5 Å². The van der Waals surface area contributed by atoms with Gasteiger partial charge in [-0.25, -0.2) is 4.79 Å². The smallest absolute Gasteiger partial charge is 0.410 e. The van der Waals surface area contributed by atoms with E-state index in [1.807, 2.05) is 46.2 Å². The number of nitrogen functional groups attached to an aromatic ring is 1. The molecular formula is C24H39N5O3. The van der Waals surface area contributed by atoms with Crippen LogP contribution in [0.15, 0.2) is 36.0 Å². The number of carbonyl (C=O) groups excluding carboxylic acids is 1. The van der Waals surface area contributed by atoms with Gasteiger partial charge in [0.2, 0.25) is 0 Å². The SMILES string of the molecule is CN(CCN(C)C(=O)OC(C)(C)C)C/C(=C/NC1CCCCO1)C(=N)c1ccc(N)cc1. The van der Waals surface area contributed by atoms with Gasteiger partial charge in [-0.05, 0) is 64.8 Å². The van der Waals surface area contributed by atoms with E-state index >= 15 is 0 Å². The molecule has 0 aromatic heterocycles. The summed E-state index contributed by atoms with van der Waals surface area (Å²) in [6, 6.07) is 7.33. The maximum Gasteiger partial charge on any atom is 0.410 e. The molecule has 1 aromatic carbocycles. The number of carbonyl (C=O) groups is 1. The maximum atomic E-state index is 12.2. The minimum Gasteiger partial charge on any atom is -0.444 e. The molecule has 1 heterocycles. The highest BCUT2D eigenvalue weighted by Crippen LogP contribution is 2.14. The lowest BCUT2D eigenvalue weighted by atomic mass is 10.0. The molecule has 0 saturated carbocycles. The van der Waals surface area contributed by atoms with Crippen LogP contribution in [-0.4, -0.2) is 73.8 Å². The van der Waals surface area contributed by atoms with E-state index < -0.39 is 5.60 Å². The van der Waals surface area contributed by atoms with Gasteiger partial charge < -0.3 is 30.3 Å². The molecule has 1 fully saturated rings. The van der Waals surface area contributed by atoms with E-state index in [9.17, 15) is 4.79 Å². The maximum absolute atomic E-state index is 12.2. The van der Waals surface area contributed by atoms with Crippen molar-refractivity contribution in [1.82, 2.24) is 15.1 Å². The topological polar surface area (TPSA) is 104 Å². The Morgan fingerprint density at radius 1 is 1.25 bits per heavy atom. The van der Waals surface area contributed by atoms with Crippen molar-refractivity contribution in [2.45, 2.75) is 51.9 Å². The number of likely N-dealkylation sites (N-methyl/N-ethyl adjacent to an activating group) is 2. The van der Waals surface area contributed by atoms with Crippen molar-refractivity contribution in [2.24, 2.45) is 0 Å². The molecule has 1 aliphatic heterocycles. The van der Waals surface area contributed by atoms with Crippen LogP contribution < -0.4 is 11.1 Å².